The van der Waals surface area contributed by atoms with Crippen LogP contribution in [0.25, 0.3) is 10.8 Å². The van der Waals surface area contributed by atoms with Crippen LogP contribution in [0.15, 0.2) is 66.7 Å². The van der Waals surface area contributed by atoms with Crippen molar-refractivity contribution in [1.29, 1.82) is 0 Å². The number of hydrogen-bond acceptors (Lipinski definition) is 5. The zero-order valence-corrected chi connectivity index (χ0v) is 13.0. The molecule has 0 unspecified atom stereocenters. The molecule has 0 heterocycles. The summed E-state index contributed by atoms with van der Waals surface area (Å²) in [4.78, 5) is 12.3. The van der Waals surface area contributed by atoms with E-state index in [9.17, 15) is 17.1 Å². The van der Waals surface area contributed by atoms with E-state index >= 15 is 0 Å². The SMILES string of the molecule is O=C(Oc1ccccc1)c1cc2ccccc2cc1OS(=O)(=O)F. The molecule has 3 aromatic carbocycles. The highest BCUT2D eigenvalue weighted by atomic mass is 32.3. The molecule has 3 rings (SSSR count). The third-order valence-electron chi connectivity index (χ3n) is 3.21. The van der Waals surface area contributed by atoms with Crippen molar-refractivity contribution in [2.24, 2.45) is 0 Å². The Balaban J connectivity index is 2.06. The number of carbonyl (C=O) groups is 1. The number of hydrogen-bond donors (Lipinski definition) is 0. The summed E-state index contributed by atoms with van der Waals surface area (Å²) in [5.41, 5.74) is -0.196. The van der Waals surface area contributed by atoms with E-state index in [2.05, 4.69) is 4.18 Å². The molecule has 0 bridgehead atoms. The highest BCUT2D eigenvalue weighted by Gasteiger charge is 2.21. The molecule has 0 spiro atoms. The number of carbonyl (C=O) groups excluding carboxylic acids is 1. The van der Waals surface area contributed by atoms with E-state index in [1.54, 1.807) is 54.6 Å². The van der Waals surface area contributed by atoms with E-state index in [1.165, 1.54) is 12.1 Å². The zero-order chi connectivity index (χ0) is 17.2. The first-order valence-electron chi connectivity index (χ1n) is 6.86. The van der Waals surface area contributed by atoms with Gasteiger partial charge in [-0.1, -0.05) is 46.4 Å². The van der Waals surface area contributed by atoms with Crippen molar-refractivity contribution >= 4 is 27.2 Å². The third kappa shape index (κ3) is 3.69. The van der Waals surface area contributed by atoms with E-state index in [4.69, 9.17) is 4.74 Å². The number of benzene rings is 3. The van der Waals surface area contributed by atoms with Crippen LogP contribution in [0.1, 0.15) is 10.4 Å². The molecule has 0 aliphatic rings. The normalized spacial score (nSPS) is 11.2. The molecular formula is C17H11FO5S. The number of para-hydroxylation sites is 1. The Bertz CT molecular complexity index is 1000. The van der Waals surface area contributed by atoms with Gasteiger partial charge in [-0.05, 0) is 35.0 Å². The monoisotopic (exact) mass is 346 g/mol. The molecular weight excluding hydrogens is 335 g/mol. The minimum absolute atomic E-state index is 0.196. The van der Waals surface area contributed by atoms with E-state index in [0.717, 1.165) is 0 Å². The van der Waals surface area contributed by atoms with Crippen LogP contribution in [0.2, 0.25) is 0 Å². The largest absolute Gasteiger partial charge is 0.488 e. The minimum atomic E-state index is -5.28. The molecule has 7 heteroatoms. The lowest BCUT2D eigenvalue weighted by Crippen LogP contribution is -2.12. The Morgan fingerprint density at radius 2 is 1.46 bits per heavy atom. The standard InChI is InChI=1S/C17H11FO5S/c18-24(20,21)23-16-11-13-7-5-4-6-12(13)10-15(16)17(19)22-14-8-2-1-3-9-14/h1-11H. The van der Waals surface area contributed by atoms with Crippen molar-refractivity contribution in [1.82, 2.24) is 0 Å². The average molecular weight is 346 g/mol. The van der Waals surface area contributed by atoms with Gasteiger partial charge in [0.2, 0.25) is 0 Å². The fraction of sp³-hybridized carbons (Fsp3) is 0. The molecule has 5 nitrogen and oxygen atoms in total. The van der Waals surface area contributed by atoms with Gasteiger partial charge in [0, 0.05) is 0 Å². The zero-order valence-electron chi connectivity index (χ0n) is 12.2. The number of rotatable bonds is 4. The highest BCUT2D eigenvalue weighted by Crippen LogP contribution is 2.28. The second kappa shape index (κ2) is 6.29. The van der Waals surface area contributed by atoms with Gasteiger partial charge >= 0.3 is 16.5 Å². The fourth-order valence-electron chi connectivity index (χ4n) is 2.21. The molecule has 0 atom stereocenters. The van der Waals surface area contributed by atoms with Crippen molar-refractivity contribution < 1.29 is 26.0 Å². The fourth-order valence-corrected chi connectivity index (χ4v) is 2.56. The predicted molar refractivity (Wildman–Crippen MR) is 86.0 cm³/mol. The first-order valence-corrected chi connectivity index (χ1v) is 8.17. The molecule has 122 valence electrons. The summed E-state index contributed by atoms with van der Waals surface area (Å²) in [6.45, 7) is 0. The maximum atomic E-state index is 12.9. The lowest BCUT2D eigenvalue weighted by atomic mass is 10.1. The Kier molecular flexibility index (Phi) is 4.18. The number of halogens is 1. The van der Waals surface area contributed by atoms with Gasteiger partial charge in [-0.15, -0.1) is 0 Å². The number of ether oxygens (including phenoxy) is 1. The number of fused-ring (bicyclic) bond motifs is 1. The van der Waals surface area contributed by atoms with Crippen LogP contribution in [-0.4, -0.2) is 14.4 Å². The van der Waals surface area contributed by atoms with E-state index in [-0.39, 0.29) is 11.3 Å². The van der Waals surface area contributed by atoms with Crippen LogP contribution >= 0.6 is 0 Å². The maximum Gasteiger partial charge on any atom is 0.488 e. The van der Waals surface area contributed by atoms with Crippen LogP contribution in [0.3, 0.4) is 0 Å². The topological polar surface area (TPSA) is 69.7 Å². The minimum Gasteiger partial charge on any atom is -0.423 e. The van der Waals surface area contributed by atoms with Crippen molar-refractivity contribution in [3.63, 3.8) is 0 Å². The van der Waals surface area contributed by atoms with Crippen molar-refractivity contribution in [3.05, 3.63) is 72.3 Å². The first kappa shape index (κ1) is 15.9. The summed E-state index contributed by atoms with van der Waals surface area (Å²) >= 11 is 0. The van der Waals surface area contributed by atoms with E-state index in [1.807, 2.05) is 0 Å². The van der Waals surface area contributed by atoms with Gasteiger partial charge in [-0.3, -0.25) is 0 Å². The third-order valence-corrected chi connectivity index (χ3v) is 3.59. The summed E-state index contributed by atoms with van der Waals surface area (Å²) < 4.78 is 44.1. The van der Waals surface area contributed by atoms with Crippen LogP contribution < -0.4 is 8.92 Å². The Morgan fingerprint density at radius 1 is 0.875 bits per heavy atom. The second-order valence-corrected chi connectivity index (χ2v) is 5.83. The van der Waals surface area contributed by atoms with Gasteiger partial charge in [0.1, 0.15) is 11.3 Å². The van der Waals surface area contributed by atoms with Gasteiger partial charge in [-0.25, -0.2) is 4.79 Å². The van der Waals surface area contributed by atoms with Crippen LogP contribution in [0.4, 0.5) is 3.89 Å². The van der Waals surface area contributed by atoms with Gasteiger partial charge in [-0.2, -0.15) is 8.42 Å². The summed E-state index contributed by atoms with van der Waals surface area (Å²) in [7, 11) is -5.28. The Labute approximate surface area is 137 Å². The van der Waals surface area contributed by atoms with E-state index in [0.29, 0.717) is 10.8 Å². The molecule has 0 aliphatic heterocycles. The van der Waals surface area contributed by atoms with Crippen molar-refractivity contribution in [3.8, 4) is 11.5 Å². The van der Waals surface area contributed by atoms with E-state index < -0.39 is 22.2 Å². The summed E-state index contributed by atoms with van der Waals surface area (Å²) in [6.07, 6.45) is 0. The average Bonchev–Trinajstić information content (AvgIpc) is 2.53. The molecule has 3 aromatic rings. The van der Waals surface area contributed by atoms with Gasteiger partial charge in [0.05, 0.1) is 0 Å². The summed E-state index contributed by atoms with van der Waals surface area (Å²) in [5.74, 6) is -1.02. The smallest absolute Gasteiger partial charge is 0.423 e. The molecule has 0 aliphatic carbocycles. The van der Waals surface area contributed by atoms with Gasteiger partial charge < -0.3 is 8.92 Å². The number of esters is 1. The van der Waals surface area contributed by atoms with Crippen LogP contribution in [-0.2, 0) is 10.5 Å². The van der Waals surface area contributed by atoms with Gasteiger partial charge in [0.15, 0.2) is 5.75 Å². The molecule has 0 saturated heterocycles. The molecule has 24 heavy (non-hydrogen) atoms. The molecule has 0 amide bonds. The summed E-state index contributed by atoms with van der Waals surface area (Å²) in [5, 5.41) is 1.24. The van der Waals surface area contributed by atoms with Crippen molar-refractivity contribution in [2.45, 2.75) is 0 Å². The first-order chi connectivity index (χ1) is 11.4. The molecule has 0 fully saturated rings. The Morgan fingerprint density at radius 3 is 2.08 bits per heavy atom. The lowest BCUT2D eigenvalue weighted by Gasteiger charge is -2.10. The predicted octanol–water partition coefficient (Wildman–Crippen LogP) is 3.65. The Hall–Kier alpha value is -2.93. The lowest BCUT2D eigenvalue weighted by molar-refractivity contribution is 0.0733. The highest BCUT2D eigenvalue weighted by molar-refractivity contribution is 7.81. The van der Waals surface area contributed by atoms with Crippen LogP contribution in [0, 0.1) is 0 Å². The molecule has 0 N–H and O–H groups in total. The molecule has 0 radical (unpaired) electrons. The quantitative estimate of drug-likeness (QED) is 0.410. The maximum absolute atomic E-state index is 12.9. The molecule has 0 aromatic heterocycles. The van der Waals surface area contributed by atoms with Gasteiger partial charge in [0.25, 0.3) is 0 Å². The van der Waals surface area contributed by atoms with Crippen molar-refractivity contribution in [2.75, 3.05) is 0 Å². The van der Waals surface area contributed by atoms with Crippen LogP contribution in [0.5, 0.6) is 11.5 Å². The summed E-state index contributed by atoms with van der Waals surface area (Å²) in [6, 6.07) is 17.8. The second-order valence-electron chi connectivity index (χ2n) is 4.87. The molecule has 0 saturated carbocycles.